The number of benzene rings is 11. The molecule has 0 fully saturated rings. The summed E-state index contributed by atoms with van der Waals surface area (Å²) in [6.45, 7) is 6.54. The first kappa shape index (κ1) is 45.3. The zero-order valence-corrected chi connectivity index (χ0v) is 43.4. The van der Waals surface area contributed by atoms with E-state index in [9.17, 15) is 0 Å². The number of hydrogen-bond donors (Lipinski definition) is 0. The molecule has 0 bridgehead atoms. The van der Waals surface area contributed by atoms with E-state index in [-0.39, 0.29) is 17.9 Å². The minimum atomic E-state index is -0.313. The Morgan fingerprint density at radius 1 is 0.416 bits per heavy atom. The Hall–Kier alpha value is -9.10. The molecular weight excluding hydrogens is 964 g/mol. The van der Waals surface area contributed by atoms with E-state index in [1.807, 2.05) is 12.1 Å². The number of nitrogens with zero attached hydrogens (tertiary/aromatic N) is 3. The minimum Gasteiger partial charge on any atom is -0.453 e. The quantitative estimate of drug-likeness (QED) is 0.155. The Balaban J connectivity index is 0.975. The van der Waals surface area contributed by atoms with Crippen LogP contribution < -0.4 is 26.2 Å². The van der Waals surface area contributed by atoms with Crippen molar-refractivity contribution in [3.63, 3.8) is 0 Å². The van der Waals surface area contributed by atoms with E-state index in [1.54, 1.807) is 12.1 Å². The maximum Gasteiger partial charge on any atom is 0.252 e. The van der Waals surface area contributed by atoms with Crippen molar-refractivity contribution in [2.24, 2.45) is 0 Å². The largest absolute Gasteiger partial charge is 0.453 e. The highest BCUT2D eigenvalue weighted by atomic mass is 35.5. The van der Waals surface area contributed by atoms with Crippen molar-refractivity contribution < 1.29 is 8.81 Å². The molecule has 0 spiro atoms. The molecule has 0 unspecified atom stereocenters. The van der Waals surface area contributed by atoms with E-state index >= 15 is 4.39 Å². The van der Waals surface area contributed by atoms with Gasteiger partial charge in [-0.05, 0) is 135 Å². The lowest BCUT2D eigenvalue weighted by molar-refractivity contribution is 0.590. The Kier molecular flexibility index (Phi) is 10.1. The van der Waals surface area contributed by atoms with Crippen molar-refractivity contribution in [2.45, 2.75) is 26.2 Å². The number of aromatic nitrogens is 1. The summed E-state index contributed by atoms with van der Waals surface area (Å²) in [6.07, 6.45) is 0. The predicted molar refractivity (Wildman–Crippen MR) is 322 cm³/mol. The van der Waals surface area contributed by atoms with Crippen molar-refractivity contribution in [1.82, 2.24) is 4.57 Å². The number of hydrogen-bond acceptors (Lipinski definition) is 3. The first-order valence-corrected chi connectivity index (χ1v) is 26.7. The molecule has 0 aliphatic carbocycles. The number of furan rings is 1. The first-order chi connectivity index (χ1) is 37.7. The van der Waals surface area contributed by atoms with Crippen LogP contribution in [0.4, 0.5) is 38.5 Å². The van der Waals surface area contributed by atoms with Crippen LogP contribution in [-0.2, 0) is 5.41 Å². The molecule has 0 amide bonds. The van der Waals surface area contributed by atoms with E-state index in [0.717, 1.165) is 128 Å². The van der Waals surface area contributed by atoms with Gasteiger partial charge in [-0.15, -0.1) is 0 Å². The normalized spacial score (nSPS) is 12.9. The van der Waals surface area contributed by atoms with Gasteiger partial charge in [0.25, 0.3) is 6.71 Å². The Morgan fingerprint density at radius 2 is 1.03 bits per heavy atom. The molecular formula is C70H48BClFN3O. The van der Waals surface area contributed by atoms with Gasteiger partial charge in [0.05, 0.1) is 22.4 Å². The molecule has 13 aromatic rings. The van der Waals surface area contributed by atoms with Gasteiger partial charge in [0.2, 0.25) is 0 Å². The molecule has 4 nitrogen and oxygen atoms in total. The third-order valence-electron chi connectivity index (χ3n) is 16.0. The Labute approximate surface area is 451 Å². The van der Waals surface area contributed by atoms with Crippen LogP contribution in [-0.4, -0.2) is 11.3 Å². The molecule has 15 rings (SSSR count). The van der Waals surface area contributed by atoms with Crippen LogP contribution in [0.2, 0.25) is 5.02 Å². The van der Waals surface area contributed by atoms with Crippen molar-refractivity contribution in [2.75, 3.05) is 9.80 Å². The molecule has 2 aliphatic rings. The van der Waals surface area contributed by atoms with Gasteiger partial charge >= 0.3 is 0 Å². The molecule has 2 aliphatic heterocycles. The van der Waals surface area contributed by atoms with E-state index < -0.39 is 0 Å². The summed E-state index contributed by atoms with van der Waals surface area (Å²) < 4.78 is 26.0. The average molecular weight is 1010 g/mol. The number of para-hydroxylation sites is 4. The van der Waals surface area contributed by atoms with Gasteiger partial charge in [0.15, 0.2) is 5.58 Å². The number of halogens is 2. The Morgan fingerprint density at radius 3 is 1.78 bits per heavy atom. The lowest BCUT2D eigenvalue weighted by atomic mass is 9.33. The van der Waals surface area contributed by atoms with E-state index in [1.165, 1.54) is 10.8 Å². The molecule has 11 aromatic carbocycles. The first-order valence-electron chi connectivity index (χ1n) is 26.3. The van der Waals surface area contributed by atoms with Crippen molar-refractivity contribution in [1.29, 1.82) is 0 Å². The third kappa shape index (κ3) is 7.05. The summed E-state index contributed by atoms with van der Waals surface area (Å²) in [7, 11) is 0. The van der Waals surface area contributed by atoms with Crippen molar-refractivity contribution in [3.8, 4) is 39.1 Å². The highest BCUT2D eigenvalue weighted by Crippen LogP contribution is 2.51. The monoisotopic (exact) mass is 1010 g/mol. The fraction of sp³-hybridized carbons (Fsp3) is 0.0571. The minimum absolute atomic E-state index is 0.252. The molecule has 77 heavy (non-hydrogen) atoms. The molecule has 0 atom stereocenters. The van der Waals surface area contributed by atoms with Gasteiger partial charge in [-0.3, -0.25) is 0 Å². The van der Waals surface area contributed by atoms with Crippen LogP contribution in [0.25, 0.3) is 82.8 Å². The van der Waals surface area contributed by atoms with Crippen LogP contribution in [0.1, 0.15) is 26.3 Å². The maximum absolute atomic E-state index is 16.3. The number of fused-ring (bicyclic) bond motifs is 10. The molecule has 7 heteroatoms. The van der Waals surface area contributed by atoms with Crippen LogP contribution in [0.15, 0.2) is 241 Å². The Bertz CT molecular complexity index is 4540. The lowest BCUT2D eigenvalue weighted by Crippen LogP contribution is -2.61. The van der Waals surface area contributed by atoms with Crippen molar-refractivity contribution >= 4 is 113 Å². The second-order valence-corrected chi connectivity index (χ2v) is 21.9. The fourth-order valence-electron chi connectivity index (χ4n) is 12.5. The highest BCUT2D eigenvalue weighted by Gasteiger charge is 2.45. The second kappa shape index (κ2) is 17.2. The highest BCUT2D eigenvalue weighted by molar-refractivity contribution is 7.00. The van der Waals surface area contributed by atoms with E-state index in [2.05, 4.69) is 247 Å². The molecule has 4 heterocycles. The van der Waals surface area contributed by atoms with Crippen LogP contribution in [0.5, 0.6) is 0 Å². The van der Waals surface area contributed by atoms with Crippen molar-refractivity contribution in [3.05, 3.63) is 253 Å². The summed E-state index contributed by atoms with van der Waals surface area (Å²) in [5, 5.41) is 4.98. The number of rotatable bonds is 6. The molecule has 2 aromatic heterocycles. The van der Waals surface area contributed by atoms with E-state index in [0.29, 0.717) is 5.02 Å². The smallest absolute Gasteiger partial charge is 0.252 e. The fourth-order valence-corrected chi connectivity index (χ4v) is 12.6. The molecule has 0 N–H and O–H groups in total. The summed E-state index contributed by atoms with van der Waals surface area (Å²) in [4.78, 5) is 4.70. The van der Waals surface area contributed by atoms with Gasteiger partial charge in [-0.25, -0.2) is 4.39 Å². The summed E-state index contributed by atoms with van der Waals surface area (Å²) in [5.41, 5.74) is 21.1. The molecule has 0 saturated carbocycles. The second-order valence-electron chi connectivity index (χ2n) is 21.5. The summed E-state index contributed by atoms with van der Waals surface area (Å²) >= 11 is 7.10. The van der Waals surface area contributed by atoms with Crippen LogP contribution in [0, 0.1) is 5.82 Å². The van der Waals surface area contributed by atoms with Gasteiger partial charge < -0.3 is 18.8 Å². The summed E-state index contributed by atoms with van der Waals surface area (Å²) in [5.74, 6) is -0.313. The predicted octanol–water partition coefficient (Wildman–Crippen LogP) is 17.9. The number of anilines is 6. The lowest BCUT2D eigenvalue weighted by Gasteiger charge is -2.45. The molecule has 0 saturated heterocycles. The zero-order chi connectivity index (χ0) is 51.7. The third-order valence-corrected chi connectivity index (χ3v) is 16.3. The van der Waals surface area contributed by atoms with E-state index in [4.69, 9.17) is 16.0 Å². The van der Waals surface area contributed by atoms with Gasteiger partial charge in [-0.2, -0.15) is 0 Å². The average Bonchev–Trinajstić information content (AvgIpc) is 4.16. The maximum atomic E-state index is 16.3. The van der Waals surface area contributed by atoms with Gasteiger partial charge in [0.1, 0.15) is 11.4 Å². The van der Waals surface area contributed by atoms with Crippen LogP contribution in [0.3, 0.4) is 0 Å². The topological polar surface area (TPSA) is 24.6 Å². The van der Waals surface area contributed by atoms with Gasteiger partial charge in [-0.1, -0.05) is 184 Å². The SMILES string of the molecule is CC(C)(C)c1cc2c3c(c1)N(c1cccc4c1oc1c(-c5ccc6c(c5)c5ccccc5n6-c5ccccc5)cccc14)c1cc(F)ccc1B3c1ccc(Cl)cc1N2c1ccc(-c2ccccc2)cc1-c1ccccc1. The molecule has 366 valence electrons. The standard InChI is InChI=1S/C70H48BClFN3O/c1-70(2,3)47-39-65-67-66(40-47)76(62-28-16-26-54-53-25-15-24-51(68(53)77-69(54)62)46-30-36-61-56(38-46)52-23-13-14-27-59(52)74(61)50-21-11-6-12-22-50)64-42-49(73)32-34-58(64)71(67)57-33-31-48(72)41-63(57)75(65)60-35-29-45(43-17-7-4-8-18-43)37-55(60)44-19-9-5-10-20-44/h4-42H,1-3H3. The zero-order valence-electron chi connectivity index (χ0n) is 42.6. The summed E-state index contributed by atoms with van der Waals surface area (Å²) in [6, 6.07) is 83.1. The molecule has 0 radical (unpaired) electrons. The van der Waals surface area contributed by atoms with Gasteiger partial charge in [0, 0.05) is 66.1 Å². The van der Waals surface area contributed by atoms with Crippen LogP contribution >= 0.6 is 11.6 Å².